The maximum Gasteiger partial charge on any atom is 0.271 e. The molecule has 2 aromatic rings. The highest BCUT2D eigenvalue weighted by molar-refractivity contribution is 9.10. The fourth-order valence-electron chi connectivity index (χ4n) is 3.27. The molecular weight excluding hydrogens is 528 g/mol. The van der Waals surface area contributed by atoms with Gasteiger partial charge >= 0.3 is 0 Å². The van der Waals surface area contributed by atoms with E-state index in [0.717, 1.165) is 26.7 Å². The monoisotopic (exact) mass is 554 g/mol. The van der Waals surface area contributed by atoms with Gasteiger partial charge in [-0.05, 0) is 44.0 Å². The number of nitro groups is 1. The Bertz CT molecular complexity index is 1170. The van der Waals surface area contributed by atoms with E-state index in [4.69, 9.17) is 0 Å². The van der Waals surface area contributed by atoms with Crippen LogP contribution in [0, 0.1) is 17.0 Å². The van der Waals surface area contributed by atoms with Crippen LogP contribution < -0.4 is 9.62 Å². The minimum Gasteiger partial charge on any atom is -0.355 e. The number of anilines is 1. The summed E-state index contributed by atoms with van der Waals surface area (Å²) in [4.78, 5) is 37.9. The van der Waals surface area contributed by atoms with E-state index in [-0.39, 0.29) is 23.8 Å². The van der Waals surface area contributed by atoms with Gasteiger partial charge in [0.05, 0.1) is 16.9 Å². The van der Waals surface area contributed by atoms with E-state index in [1.807, 2.05) is 0 Å². The highest BCUT2D eigenvalue weighted by Gasteiger charge is 2.31. The number of nitrogens with one attached hydrogen (secondary N) is 1. The number of carbonyl (C=O) groups excluding carboxylic acids is 2. The normalized spacial score (nSPS) is 12.0. The van der Waals surface area contributed by atoms with Crippen LogP contribution in [-0.2, 0) is 26.2 Å². The zero-order valence-corrected chi connectivity index (χ0v) is 21.7. The van der Waals surface area contributed by atoms with Gasteiger partial charge in [0.2, 0.25) is 21.8 Å². The molecule has 0 unspecified atom stereocenters. The van der Waals surface area contributed by atoms with Crippen LogP contribution in [0.15, 0.2) is 46.9 Å². The topological polar surface area (TPSA) is 130 Å². The summed E-state index contributed by atoms with van der Waals surface area (Å²) in [5, 5.41) is 13.9. The van der Waals surface area contributed by atoms with Crippen molar-refractivity contribution >= 4 is 49.1 Å². The van der Waals surface area contributed by atoms with Gasteiger partial charge in [0.15, 0.2) is 0 Å². The number of halogens is 1. The lowest BCUT2D eigenvalue weighted by Crippen LogP contribution is -2.51. The Kier molecular flexibility index (Phi) is 9.16. The van der Waals surface area contributed by atoms with Gasteiger partial charge in [-0.3, -0.25) is 24.0 Å². The maximum absolute atomic E-state index is 13.4. The first-order valence-corrected chi connectivity index (χ1v) is 13.0. The van der Waals surface area contributed by atoms with Crippen LogP contribution in [0.3, 0.4) is 0 Å². The number of likely N-dealkylation sites (N-methyl/N-ethyl adjacent to an activating group) is 1. The van der Waals surface area contributed by atoms with Crippen LogP contribution >= 0.6 is 15.9 Å². The molecule has 1 atom stereocenters. The third kappa shape index (κ3) is 7.00. The molecule has 2 aromatic carbocycles. The third-order valence-corrected chi connectivity index (χ3v) is 6.79. The fourth-order valence-corrected chi connectivity index (χ4v) is 4.43. The van der Waals surface area contributed by atoms with Crippen molar-refractivity contribution in [3.8, 4) is 0 Å². The molecule has 0 fully saturated rings. The number of nitrogens with zero attached hydrogens (tertiary/aromatic N) is 3. The van der Waals surface area contributed by atoms with Crippen molar-refractivity contribution in [2.75, 3.05) is 23.7 Å². The Hall–Kier alpha value is -2.99. The summed E-state index contributed by atoms with van der Waals surface area (Å²) in [6.45, 7) is 4.72. The van der Waals surface area contributed by atoms with Crippen LogP contribution in [-0.4, -0.2) is 55.4 Å². The predicted octanol–water partition coefficient (Wildman–Crippen LogP) is 2.99. The second kappa shape index (κ2) is 11.4. The minimum absolute atomic E-state index is 0.0271. The van der Waals surface area contributed by atoms with Crippen LogP contribution in [0.4, 0.5) is 11.4 Å². The molecule has 0 bridgehead atoms. The Morgan fingerprint density at radius 3 is 2.32 bits per heavy atom. The number of hydrogen-bond donors (Lipinski definition) is 1. The largest absolute Gasteiger partial charge is 0.355 e. The second-order valence-electron chi connectivity index (χ2n) is 7.72. The first-order valence-electron chi connectivity index (χ1n) is 10.4. The molecule has 2 rings (SSSR count). The number of amides is 2. The van der Waals surface area contributed by atoms with Gasteiger partial charge in [-0.25, -0.2) is 8.42 Å². The highest BCUT2D eigenvalue weighted by Crippen LogP contribution is 2.28. The zero-order chi connectivity index (χ0) is 25.6. The van der Waals surface area contributed by atoms with Crippen LogP contribution in [0.5, 0.6) is 0 Å². The van der Waals surface area contributed by atoms with E-state index in [0.29, 0.717) is 12.1 Å². The molecule has 10 nitrogen and oxygen atoms in total. The Morgan fingerprint density at radius 2 is 1.79 bits per heavy atom. The SMILES string of the molecule is CCNC(=O)[C@@H](C)N(Cc1ccc(Br)cc1)C(=O)CN(c1cc([N+](=O)[O-])ccc1C)S(C)(=O)=O. The molecule has 184 valence electrons. The number of nitro benzene ring substituents is 1. The smallest absolute Gasteiger partial charge is 0.271 e. The van der Waals surface area contributed by atoms with E-state index in [1.54, 1.807) is 45.0 Å². The molecule has 1 N–H and O–H groups in total. The predicted molar refractivity (Wildman–Crippen MR) is 133 cm³/mol. The number of aryl methyl sites for hydroxylation is 1. The first kappa shape index (κ1) is 27.3. The summed E-state index contributed by atoms with van der Waals surface area (Å²) in [5.74, 6) is -1.01. The molecule has 0 aliphatic heterocycles. The number of non-ortho nitro benzene ring substituents is 1. The molecular formula is C22H27BrN4O6S. The average Bonchev–Trinajstić information content (AvgIpc) is 2.76. The summed E-state index contributed by atoms with van der Waals surface area (Å²) >= 11 is 3.35. The van der Waals surface area contributed by atoms with Gasteiger partial charge in [-0.1, -0.05) is 34.1 Å². The third-order valence-electron chi connectivity index (χ3n) is 5.14. The van der Waals surface area contributed by atoms with Crippen molar-refractivity contribution in [1.82, 2.24) is 10.2 Å². The molecule has 0 spiro atoms. The van der Waals surface area contributed by atoms with Gasteiger partial charge in [-0.2, -0.15) is 0 Å². The van der Waals surface area contributed by atoms with Gasteiger partial charge in [0.1, 0.15) is 12.6 Å². The molecule has 2 amide bonds. The van der Waals surface area contributed by atoms with E-state index in [1.165, 1.54) is 17.0 Å². The fraction of sp³-hybridized carbons (Fsp3) is 0.364. The molecule has 0 aliphatic rings. The van der Waals surface area contributed by atoms with Crippen LogP contribution in [0.25, 0.3) is 0 Å². The Morgan fingerprint density at radius 1 is 1.18 bits per heavy atom. The van der Waals surface area contributed by atoms with Gasteiger partial charge in [0.25, 0.3) is 5.69 Å². The van der Waals surface area contributed by atoms with E-state index in [2.05, 4.69) is 21.2 Å². The second-order valence-corrected chi connectivity index (χ2v) is 10.5. The average molecular weight is 555 g/mol. The number of benzene rings is 2. The van der Waals surface area contributed by atoms with Crippen LogP contribution in [0.2, 0.25) is 0 Å². The standard InChI is InChI=1S/C22H27BrN4O6S/c1-5-24-22(29)16(3)25(13-17-7-9-18(23)10-8-17)21(28)14-26(34(4,32)33)20-12-19(27(30)31)11-6-15(20)2/h6-12,16H,5,13-14H2,1-4H3,(H,24,29)/t16-/m1/s1. The number of carbonyl (C=O) groups is 2. The summed E-state index contributed by atoms with van der Waals surface area (Å²) < 4.78 is 26.9. The number of sulfonamides is 1. The molecule has 0 heterocycles. The quantitative estimate of drug-likeness (QED) is 0.355. The Balaban J connectivity index is 2.46. The molecule has 0 saturated heterocycles. The maximum atomic E-state index is 13.4. The lowest BCUT2D eigenvalue weighted by atomic mass is 10.1. The van der Waals surface area contributed by atoms with Crippen molar-refractivity contribution in [3.05, 3.63) is 68.2 Å². The number of hydrogen-bond acceptors (Lipinski definition) is 6. The van der Waals surface area contributed by atoms with Gasteiger partial charge in [0, 0.05) is 29.7 Å². The van der Waals surface area contributed by atoms with Crippen molar-refractivity contribution in [3.63, 3.8) is 0 Å². The molecule has 0 aliphatic carbocycles. The Labute approximate surface area is 207 Å². The summed E-state index contributed by atoms with van der Waals surface area (Å²) in [6.07, 6.45) is 0.921. The van der Waals surface area contributed by atoms with E-state index in [9.17, 15) is 28.1 Å². The van der Waals surface area contributed by atoms with E-state index < -0.39 is 33.4 Å². The lowest BCUT2D eigenvalue weighted by Gasteiger charge is -2.31. The van der Waals surface area contributed by atoms with Gasteiger partial charge in [-0.15, -0.1) is 0 Å². The van der Waals surface area contributed by atoms with Gasteiger partial charge < -0.3 is 10.2 Å². The molecule has 0 radical (unpaired) electrons. The first-order chi connectivity index (χ1) is 15.8. The van der Waals surface area contributed by atoms with Crippen molar-refractivity contribution in [2.24, 2.45) is 0 Å². The summed E-state index contributed by atoms with van der Waals surface area (Å²) in [6, 6.07) is 10.1. The molecule has 0 aromatic heterocycles. The number of rotatable bonds is 10. The van der Waals surface area contributed by atoms with Crippen molar-refractivity contribution in [1.29, 1.82) is 0 Å². The molecule has 12 heteroatoms. The molecule has 34 heavy (non-hydrogen) atoms. The minimum atomic E-state index is -3.99. The zero-order valence-electron chi connectivity index (χ0n) is 19.3. The molecule has 0 saturated carbocycles. The van der Waals surface area contributed by atoms with Crippen molar-refractivity contribution < 1.29 is 22.9 Å². The van der Waals surface area contributed by atoms with Crippen LogP contribution in [0.1, 0.15) is 25.0 Å². The van der Waals surface area contributed by atoms with E-state index >= 15 is 0 Å². The summed E-state index contributed by atoms with van der Waals surface area (Å²) in [5.41, 5.74) is 0.911. The summed E-state index contributed by atoms with van der Waals surface area (Å²) in [7, 11) is -3.99. The highest BCUT2D eigenvalue weighted by atomic mass is 79.9. The lowest BCUT2D eigenvalue weighted by molar-refractivity contribution is -0.384. The van der Waals surface area contributed by atoms with Crippen molar-refractivity contribution in [2.45, 2.75) is 33.4 Å².